The third kappa shape index (κ3) is 3.00. The van der Waals surface area contributed by atoms with Crippen LogP contribution in [0.15, 0.2) is 36.9 Å². The molecular formula is C13H18O. The van der Waals surface area contributed by atoms with Gasteiger partial charge in [-0.15, -0.1) is 6.58 Å². The fourth-order valence-corrected chi connectivity index (χ4v) is 1.37. The van der Waals surface area contributed by atoms with E-state index in [1.165, 1.54) is 5.56 Å². The van der Waals surface area contributed by atoms with Gasteiger partial charge in [0.2, 0.25) is 0 Å². The Labute approximate surface area is 86.1 Å². The van der Waals surface area contributed by atoms with E-state index in [4.69, 9.17) is 0 Å². The summed E-state index contributed by atoms with van der Waals surface area (Å²) in [6, 6.07) is 8.01. The monoisotopic (exact) mass is 190 g/mol. The summed E-state index contributed by atoms with van der Waals surface area (Å²) < 4.78 is 0. The van der Waals surface area contributed by atoms with Gasteiger partial charge in [-0.05, 0) is 24.8 Å². The Morgan fingerprint density at radius 1 is 1.36 bits per heavy atom. The molecule has 1 aromatic carbocycles. The van der Waals surface area contributed by atoms with Crippen LogP contribution in [0.1, 0.15) is 30.6 Å². The van der Waals surface area contributed by atoms with E-state index >= 15 is 0 Å². The van der Waals surface area contributed by atoms with Gasteiger partial charge in [-0.1, -0.05) is 42.8 Å². The van der Waals surface area contributed by atoms with E-state index < -0.39 is 0 Å². The Hall–Kier alpha value is -1.08. The first-order valence-electron chi connectivity index (χ1n) is 5.00. The molecule has 0 bridgehead atoms. The maximum Gasteiger partial charge on any atom is 0.0795 e. The minimum atomic E-state index is -0.372. The van der Waals surface area contributed by atoms with Crippen LogP contribution in [0.25, 0.3) is 0 Å². The Kier molecular flexibility index (Phi) is 3.90. The molecule has 1 aromatic rings. The maximum atomic E-state index is 9.87. The molecule has 0 radical (unpaired) electrons. The standard InChI is InChI=1S/C13H18O/c1-4-10(2)9-13(14)12-7-5-11(3)6-8-12/h4-8,10,13-14H,1,9H2,2-3H3. The first kappa shape index (κ1) is 11.0. The Bertz CT molecular complexity index is 287. The molecule has 0 heterocycles. The lowest BCUT2D eigenvalue weighted by Crippen LogP contribution is -2.02. The summed E-state index contributed by atoms with van der Waals surface area (Å²) in [4.78, 5) is 0. The van der Waals surface area contributed by atoms with Crippen molar-refractivity contribution < 1.29 is 5.11 Å². The molecule has 1 rings (SSSR count). The molecule has 0 fully saturated rings. The van der Waals surface area contributed by atoms with Crippen molar-refractivity contribution >= 4 is 0 Å². The summed E-state index contributed by atoms with van der Waals surface area (Å²) in [6.45, 7) is 7.81. The zero-order valence-electron chi connectivity index (χ0n) is 8.90. The number of benzene rings is 1. The van der Waals surface area contributed by atoms with Gasteiger partial charge in [-0.2, -0.15) is 0 Å². The zero-order chi connectivity index (χ0) is 10.6. The largest absolute Gasteiger partial charge is 0.388 e. The average molecular weight is 190 g/mol. The molecule has 2 atom stereocenters. The van der Waals surface area contributed by atoms with E-state index in [-0.39, 0.29) is 6.10 Å². The van der Waals surface area contributed by atoms with Gasteiger partial charge in [-0.3, -0.25) is 0 Å². The SMILES string of the molecule is C=CC(C)CC(O)c1ccc(C)cc1. The molecule has 1 heteroatoms. The first-order chi connectivity index (χ1) is 6.63. The minimum Gasteiger partial charge on any atom is -0.388 e. The fourth-order valence-electron chi connectivity index (χ4n) is 1.37. The van der Waals surface area contributed by atoms with Crippen LogP contribution in [-0.2, 0) is 0 Å². The molecule has 76 valence electrons. The van der Waals surface area contributed by atoms with Gasteiger partial charge >= 0.3 is 0 Å². The third-order valence-corrected chi connectivity index (χ3v) is 2.46. The summed E-state index contributed by atoms with van der Waals surface area (Å²) in [5.74, 6) is 0.353. The number of hydrogen-bond acceptors (Lipinski definition) is 1. The lowest BCUT2D eigenvalue weighted by Gasteiger charge is -2.13. The molecule has 0 aliphatic rings. The van der Waals surface area contributed by atoms with Crippen LogP contribution in [0.2, 0.25) is 0 Å². The second kappa shape index (κ2) is 4.97. The Morgan fingerprint density at radius 3 is 2.43 bits per heavy atom. The van der Waals surface area contributed by atoms with Crippen molar-refractivity contribution in [3.8, 4) is 0 Å². The number of allylic oxidation sites excluding steroid dienone is 1. The van der Waals surface area contributed by atoms with Crippen LogP contribution in [0.3, 0.4) is 0 Å². The highest BCUT2D eigenvalue weighted by Gasteiger charge is 2.09. The molecule has 0 saturated heterocycles. The summed E-state index contributed by atoms with van der Waals surface area (Å²) in [5.41, 5.74) is 2.21. The summed E-state index contributed by atoms with van der Waals surface area (Å²) in [5, 5.41) is 9.87. The van der Waals surface area contributed by atoms with Crippen molar-refractivity contribution in [1.29, 1.82) is 0 Å². The van der Waals surface area contributed by atoms with E-state index in [2.05, 4.69) is 13.5 Å². The topological polar surface area (TPSA) is 20.2 Å². The number of hydrogen-bond donors (Lipinski definition) is 1. The molecule has 1 N–H and O–H groups in total. The summed E-state index contributed by atoms with van der Waals surface area (Å²) in [7, 11) is 0. The van der Waals surface area contributed by atoms with Crippen molar-refractivity contribution in [3.05, 3.63) is 48.0 Å². The summed E-state index contributed by atoms with van der Waals surface area (Å²) >= 11 is 0. The average Bonchev–Trinajstić information content (AvgIpc) is 2.18. The highest BCUT2D eigenvalue weighted by Crippen LogP contribution is 2.21. The van der Waals surface area contributed by atoms with Gasteiger partial charge < -0.3 is 5.11 Å². The Morgan fingerprint density at radius 2 is 1.93 bits per heavy atom. The minimum absolute atomic E-state index is 0.353. The van der Waals surface area contributed by atoms with Gasteiger partial charge in [0.15, 0.2) is 0 Å². The van der Waals surface area contributed by atoms with Gasteiger partial charge in [0, 0.05) is 0 Å². The number of rotatable bonds is 4. The number of aliphatic hydroxyl groups excluding tert-OH is 1. The van der Waals surface area contributed by atoms with Crippen molar-refractivity contribution in [2.75, 3.05) is 0 Å². The van der Waals surface area contributed by atoms with Crippen LogP contribution in [0.5, 0.6) is 0 Å². The molecule has 0 aliphatic carbocycles. The van der Waals surface area contributed by atoms with E-state index in [1.54, 1.807) is 0 Å². The highest BCUT2D eigenvalue weighted by atomic mass is 16.3. The van der Waals surface area contributed by atoms with Gasteiger partial charge in [0.25, 0.3) is 0 Å². The second-order valence-electron chi connectivity index (χ2n) is 3.88. The van der Waals surface area contributed by atoms with Gasteiger partial charge in [0.05, 0.1) is 6.10 Å². The smallest absolute Gasteiger partial charge is 0.0795 e. The van der Waals surface area contributed by atoms with Crippen molar-refractivity contribution in [2.45, 2.75) is 26.4 Å². The third-order valence-electron chi connectivity index (χ3n) is 2.46. The molecule has 1 nitrogen and oxygen atoms in total. The van der Waals surface area contributed by atoms with Crippen molar-refractivity contribution in [2.24, 2.45) is 5.92 Å². The normalized spacial score (nSPS) is 14.8. The molecule has 0 aliphatic heterocycles. The van der Waals surface area contributed by atoms with Crippen LogP contribution in [0.4, 0.5) is 0 Å². The van der Waals surface area contributed by atoms with Gasteiger partial charge in [0.1, 0.15) is 0 Å². The van der Waals surface area contributed by atoms with Crippen LogP contribution in [-0.4, -0.2) is 5.11 Å². The van der Waals surface area contributed by atoms with Crippen LogP contribution in [0, 0.1) is 12.8 Å². The lowest BCUT2D eigenvalue weighted by atomic mass is 9.98. The predicted molar refractivity (Wildman–Crippen MR) is 60.1 cm³/mol. The highest BCUT2D eigenvalue weighted by molar-refractivity contribution is 5.23. The molecule has 2 unspecified atom stereocenters. The Balaban J connectivity index is 2.64. The molecular weight excluding hydrogens is 172 g/mol. The van der Waals surface area contributed by atoms with E-state index in [0.717, 1.165) is 12.0 Å². The number of aliphatic hydroxyl groups is 1. The fraction of sp³-hybridized carbons (Fsp3) is 0.385. The quantitative estimate of drug-likeness (QED) is 0.723. The first-order valence-corrected chi connectivity index (χ1v) is 5.00. The van der Waals surface area contributed by atoms with Crippen molar-refractivity contribution in [3.63, 3.8) is 0 Å². The lowest BCUT2D eigenvalue weighted by molar-refractivity contribution is 0.155. The van der Waals surface area contributed by atoms with E-state index in [0.29, 0.717) is 5.92 Å². The zero-order valence-corrected chi connectivity index (χ0v) is 8.90. The summed E-state index contributed by atoms with van der Waals surface area (Å²) in [6.07, 6.45) is 2.24. The molecule has 0 amide bonds. The van der Waals surface area contributed by atoms with Gasteiger partial charge in [-0.25, -0.2) is 0 Å². The second-order valence-corrected chi connectivity index (χ2v) is 3.88. The molecule has 0 aromatic heterocycles. The maximum absolute atomic E-state index is 9.87. The van der Waals surface area contributed by atoms with Crippen LogP contribution < -0.4 is 0 Å². The van der Waals surface area contributed by atoms with E-state index in [9.17, 15) is 5.11 Å². The van der Waals surface area contributed by atoms with E-state index in [1.807, 2.05) is 37.3 Å². The molecule has 0 spiro atoms. The van der Waals surface area contributed by atoms with Crippen LogP contribution >= 0.6 is 0 Å². The van der Waals surface area contributed by atoms with Crippen molar-refractivity contribution in [1.82, 2.24) is 0 Å². The number of aryl methyl sites for hydroxylation is 1. The molecule has 0 saturated carbocycles. The predicted octanol–water partition coefficient (Wildman–Crippen LogP) is 3.24. The molecule has 14 heavy (non-hydrogen) atoms.